The molecule has 2 nitrogen and oxygen atoms in total. The first-order valence-corrected chi connectivity index (χ1v) is 6.40. The second-order valence-corrected chi connectivity index (χ2v) is 6.01. The van der Waals surface area contributed by atoms with E-state index in [-0.39, 0.29) is 0 Å². The molecule has 3 heteroatoms. The summed E-state index contributed by atoms with van der Waals surface area (Å²) in [4.78, 5) is 3.31. The molecule has 0 unspecified atom stereocenters. The smallest absolute Gasteiger partial charge is 0.0471 e. The van der Waals surface area contributed by atoms with Crippen molar-refractivity contribution in [2.24, 2.45) is 17.1 Å². The Morgan fingerprint density at radius 2 is 2.18 bits per heavy atom. The minimum absolute atomic E-state index is 0.323. The molecule has 0 saturated heterocycles. The van der Waals surface area contributed by atoms with Crippen molar-refractivity contribution >= 4 is 22.5 Å². The maximum atomic E-state index is 6.00. The van der Waals surface area contributed by atoms with E-state index in [0.717, 1.165) is 17.1 Å². The van der Waals surface area contributed by atoms with E-state index in [0.29, 0.717) is 17.3 Å². The molecule has 1 aromatic carbocycles. The van der Waals surface area contributed by atoms with E-state index >= 15 is 0 Å². The molecule has 2 aromatic rings. The van der Waals surface area contributed by atoms with Gasteiger partial charge in [-0.1, -0.05) is 31.5 Å². The van der Waals surface area contributed by atoms with Gasteiger partial charge in [-0.25, -0.2) is 0 Å². The van der Waals surface area contributed by atoms with E-state index in [1.165, 1.54) is 10.9 Å². The van der Waals surface area contributed by atoms with Crippen LogP contribution in [0.2, 0.25) is 5.02 Å². The van der Waals surface area contributed by atoms with Crippen molar-refractivity contribution in [2.45, 2.75) is 19.8 Å². The second kappa shape index (κ2) is 3.50. The van der Waals surface area contributed by atoms with Gasteiger partial charge in [0.05, 0.1) is 0 Å². The molecule has 3 rings (SSSR count). The van der Waals surface area contributed by atoms with Gasteiger partial charge < -0.3 is 10.7 Å². The minimum Gasteiger partial charge on any atom is -0.361 e. The van der Waals surface area contributed by atoms with Gasteiger partial charge in [0.2, 0.25) is 0 Å². The number of halogens is 1. The van der Waals surface area contributed by atoms with Gasteiger partial charge in [-0.05, 0) is 41.5 Å². The van der Waals surface area contributed by atoms with E-state index in [2.05, 4.69) is 31.1 Å². The highest BCUT2D eigenvalue weighted by atomic mass is 35.5. The number of rotatable bonds is 2. The molecule has 1 aromatic heterocycles. The third kappa shape index (κ3) is 1.51. The Labute approximate surface area is 106 Å². The van der Waals surface area contributed by atoms with Crippen molar-refractivity contribution in [3.8, 4) is 0 Å². The first-order chi connectivity index (χ1) is 8.05. The highest BCUT2D eigenvalue weighted by Crippen LogP contribution is 2.64. The van der Waals surface area contributed by atoms with Crippen molar-refractivity contribution < 1.29 is 0 Å². The topological polar surface area (TPSA) is 41.8 Å². The molecule has 0 aliphatic heterocycles. The molecule has 1 heterocycles. The molecular formula is C14H17ClN2. The fraction of sp³-hybridized carbons (Fsp3) is 0.429. The lowest BCUT2D eigenvalue weighted by Crippen LogP contribution is -2.05. The molecule has 1 aliphatic rings. The van der Waals surface area contributed by atoms with E-state index in [9.17, 15) is 0 Å². The van der Waals surface area contributed by atoms with Gasteiger partial charge in [0.25, 0.3) is 0 Å². The number of nitrogens with one attached hydrogen (secondary N) is 1. The molecule has 1 fully saturated rings. The van der Waals surface area contributed by atoms with Crippen LogP contribution in [0.3, 0.4) is 0 Å². The van der Waals surface area contributed by atoms with Gasteiger partial charge in [0.1, 0.15) is 0 Å². The summed E-state index contributed by atoms with van der Waals surface area (Å²) < 4.78 is 0. The van der Waals surface area contributed by atoms with Crippen molar-refractivity contribution in [1.29, 1.82) is 0 Å². The molecule has 0 bridgehead atoms. The Morgan fingerprint density at radius 1 is 1.41 bits per heavy atom. The molecular weight excluding hydrogens is 232 g/mol. The predicted octanol–water partition coefficient (Wildman–Crippen LogP) is 3.52. The van der Waals surface area contributed by atoms with Crippen LogP contribution in [-0.2, 0) is 0 Å². The van der Waals surface area contributed by atoms with Gasteiger partial charge in [-0.2, -0.15) is 0 Å². The van der Waals surface area contributed by atoms with Crippen LogP contribution in [0.4, 0.5) is 0 Å². The van der Waals surface area contributed by atoms with Gasteiger partial charge in [-0.15, -0.1) is 0 Å². The van der Waals surface area contributed by atoms with Crippen LogP contribution >= 0.6 is 11.6 Å². The lowest BCUT2D eigenvalue weighted by molar-refractivity contribution is 0.559. The number of H-pyrrole nitrogens is 1. The number of hydrogen-bond donors (Lipinski definition) is 2. The van der Waals surface area contributed by atoms with Crippen molar-refractivity contribution in [1.82, 2.24) is 4.98 Å². The molecule has 0 spiro atoms. The van der Waals surface area contributed by atoms with Crippen LogP contribution in [0.15, 0.2) is 24.4 Å². The van der Waals surface area contributed by atoms with Crippen LogP contribution < -0.4 is 5.73 Å². The third-order valence-corrected chi connectivity index (χ3v) is 4.55. The highest BCUT2D eigenvalue weighted by molar-refractivity contribution is 6.31. The average molecular weight is 249 g/mol. The lowest BCUT2D eigenvalue weighted by Gasteiger charge is -2.01. The number of aromatic nitrogens is 1. The summed E-state index contributed by atoms with van der Waals surface area (Å²) in [5.41, 5.74) is 8.67. The van der Waals surface area contributed by atoms with Crippen LogP contribution in [0.5, 0.6) is 0 Å². The standard InChI is InChI=1S/C14H17ClN2/c1-14(2)11(6-16)13(14)10-7-17-12-5-8(15)3-4-9(10)12/h3-5,7,11,13,17H,6,16H2,1-2H3/t11-,13-/m1/s1. The van der Waals surface area contributed by atoms with E-state index in [1.807, 2.05) is 12.1 Å². The SMILES string of the molecule is CC1(C)[C@H](CN)[C@H]1c1c[nH]c2cc(Cl)ccc12. The fourth-order valence-corrected chi connectivity index (χ4v) is 3.35. The summed E-state index contributed by atoms with van der Waals surface area (Å²) in [5, 5.41) is 2.06. The van der Waals surface area contributed by atoms with Gasteiger partial charge in [-0.3, -0.25) is 0 Å². The lowest BCUT2D eigenvalue weighted by atomic mass is 10.0. The van der Waals surface area contributed by atoms with Crippen molar-refractivity contribution in [3.63, 3.8) is 0 Å². The zero-order chi connectivity index (χ0) is 12.2. The fourth-order valence-electron chi connectivity index (χ4n) is 3.18. The zero-order valence-corrected chi connectivity index (χ0v) is 10.9. The summed E-state index contributed by atoms with van der Waals surface area (Å²) in [7, 11) is 0. The van der Waals surface area contributed by atoms with Crippen LogP contribution in [-0.4, -0.2) is 11.5 Å². The largest absolute Gasteiger partial charge is 0.361 e. The monoisotopic (exact) mass is 248 g/mol. The van der Waals surface area contributed by atoms with Gasteiger partial charge >= 0.3 is 0 Å². The quantitative estimate of drug-likeness (QED) is 0.839. The highest BCUT2D eigenvalue weighted by Gasteiger charge is 2.57. The average Bonchev–Trinajstić information content (AvgIpc) is 2.65. The molecule has 0 radical (unpaired) electrons. The van der Waals surface area contributed by atoms with Gasteiger partial charge in [0, 0.05) is 22.1 Å². The van der Waals surface area contributed by atoms with Crippen molar-refractivity contribution in [2.75, 3.05) is 6.54 Å². The van der Waals surface area contributed by atoms with E-state index < -0.39 is 0 Å². The maximum Gasteiger partial charge on any atom is 0.0471 e. The zero-order valence-electron chi connectivity index (χ0n) is 10.1. The summed E-state index contributed by atoms with van der Waals surface area (Å²) in [6.45, 7) is 5.35. The molecule has 17 heavy (non-hydrogen) atoms. The first kappa shape index (κ1) is 11.1. The van der Waals surface area contributed by atoms with E-state index in [4.69, 9.17) is 17.3 Å². The number of aromatic amines is 1. The molecule has 1 aliphatic carbocycles. The Hall–Kier alpha value is -0.990. The molecule has 0 amide bonds. The molecule has 2 atom stereocenters. The minimum atomic E-state index is 0.323. The van der Waals surface area contributed by atoms with Gasteiger partial charge in [0.15, 0.2) is 0 Å². The maximum absolute atomic E-state index is 6.00. The van der Waals surface area contributed by atoms with Crippen LogP contribution in [0, 0.1) is 11.3 Å². The number of fused-ring (bicyclic) bond motifs is 1. The van der Waals surface area contributed by atoms with Crippen LogP contribution in [0.1, 0.15) is 25.3 Å². The summed E-state index contributed by atoms with van der Waals surface area (Å²) in [5.74, 6) is 1.17. The Kier molecular flexibility index (Phi) is 2.29. The normalized spacial score (nSPS) is 26.4. The molecule has 90 valence electrons. The Bertz CT molecular complexity index is 571. The summed E-state index contributed by atoms with van der Waals surface area (Å²) >= 11 is 6.00. The third-order valence-electron chi connectivity index (χ3n) is 4.32. The number of benzene rings is 1. The van der Waals surface area contributed by atoms with E-state index in [1.54, 1.807) is 0 Å². The first-order valence-electron chi connectivity index (χ1n) is 6.02. The Morgan fingerprint density at radius 3 is 2.82 bits per heavy atom. The van der Waals surface area contributed by atoms with Crippen molar-refractivity contribution in [3.05, 3.63) is 35.0 Å². The van der Waals surface area contributed by atoms with Crippen LogP contribution in [0.25, 0.3) is 10.9 Å². The summed E-state index contributed by atoms with van der Waals surface area (Å²) in [6, 6.07) is 6.03. The second-order valence-electron chi connectivity index (χ2n) is 5.58. The Balaban J connectivity index is 2.08. The molecule has 3 N–H and O–H groups in total. The summed E-state index contributed by atoms with van der Waals surface area (Å²) in [6.07, 6.45) is 2.11. The number of hydrogen-bond acceptors (Lipinski definition) is 1. The molecule has 1 saturated carbocycles. The predicted molar refractivity (Wildman–Crippen MR) is 72.4 cm³/mol. The number of nitrogens with two attached hydrogens (primary N) is 1.